The molecular formula is C25H22N4O4. The molecule has 2 aromatic carbocycles. The van der Waals surface area contributed by atoms with Gasteiger partial charge in [0.2, 0.25) is 0 Å². The van der Waals surface area contributed by atoms with E-state index in [9.17, 15) is 19.2 Å². The number of H-pyrrole nitrogens is 2. The van der Waals surface area contributed by atoms with Crippen molar-refractivity contribution in [3.05, 3.63) is 92.8 Å². The van der Waals surface area contributed by atoms with Crippen molar-refractivity contribution >= 4 is 33.4 Å². The molecule has 1 atom stereocenters. The summed E-state index contributed by atoms with van der Waals surface area (Å²) in [7, 11) is 0. The molecule has 166 valence electrons. The molecule has 0 spiro atoms. The number of rotatable bonds is 3. The lowest BCUT2D eigenvalue weighted by atomic mass is 10.0. The first-order valence-corrected chi connectivity index (χ1v) is 10.7. The molecule has 0 bridgehead atoms. The van der Waals surface area contributed by atoms with Crippen LogP contribution in [0.5, 0.6) is 0 Å². The highest BCUT2D eigenvalue weighted by atomic mass is 16.2. The molecule has 1 fully saturated rings. The van der Waals surface area contributed by atoms with Crippen LogP contribution in [0.1, 0.15) is 34.3 Å². The van der Waals surface area contributed by atoms with E-state index in [1.807, 2.05) is 19.1 Å². The minimum absolute atomic E-state index is 0.170. The van der Waals surface area contributed by atoms with E-state index < -0.39 is 11.4 Å². The van der Waals surface area contributed by atoms with E-state index in [-0.39, 0.29) is 35.0 Å². The van der Waals surface area contributed by atoms with E-state index >= 15 is 0 Å². The molecule has 1 unspecified atom stereocenters. The number of hydrogen-bond donors (Lipinski definition) is 3. The van der Waals surface area contributed by atoms with Gasteiger partial charge < -0.3 is 20.2 Å². The van der Waals surface area contributed by atoms with Crippen LogP contribution < -0.4 is 16.4 Å². The summed E-state index contributed by atoms with van der Waals surface area (Å²) in [6, 6.07) is 17.5. The summed E-state index contributed by atoms with van der Waals surface area (Å²) in [5.41, 5.74) is -0.928. The average Bonchev–Trinajstić information content (AvgIpc) is 3.20. The highest BCUT2D eigenvalue weighted by Crippen LogP contribution is 2.23. The number of hydrogen-bond acceptors (Lipinski definition) is 4. The van der Waals surface area contributed by atoms with Crippen LogP contribution in [0.15, 0.2) is 70.3 Å². The third kappa shape index (κ3) is 3.80. The fraction of sp³-hybridized carbons (Fsp3) is 0.200. The normalized spacial score (nSPS) is 18.0. The number of carbonyl (C=O) groups excluding carboxylic acids is 2. The summed E-state index contributed by atoms with van der Waals surface area (Å²) in [6.07, 6.45) is 0.542. The van der Waals surface area contributed by atoms with Crippen LogP contribution in [0, 0.1) is 0 Å². The van der Waals surface area contributed by atoms with Crippen molar-refractivity contribution in [3.63, 3.8) is 0 Å². The molecule has 0 radical (unpaired) electrons. The van der Waals surface area contributed by atoms with E-state index in [0.29, 0.717) is 34.5 Å². The van der Waals surface area contributed by atoms with Crippen LogP contribution in [0.25, 0.3) is 21.5 Å². The number of benzene rings is 2. The smallest absolute Gasteiger partial charge is 0.270 e. The molecule has 8 heteroatoms. The second-order valence-electron chi connectivity index (χ2n) is 8.69. The van der Waals surface area contributed by atoms with Crippen molar-refractivity contribution in [1.29, 1.82) is 0 Å². The standard InChI is InChI=1S/C25H22N4O4/c1-25(28-23(32)19-12-15-6-2-4-8-17(15)21(30)26-19)10-11-29(14-25)24(33)20-13-16-7-3-5-9-18(16)22(31)27-20/h2-9,12-13H,10-11,14H2,1H3,(H,26,30)(H,27,31)(H,28,32). The monoisotopic (exact) mass is 442 g/mol. The minimum Gasteiger partial charge on any atom is -0.344 e. The number of aromatic amines is 2. The Kier molecular flexibility index (Phi) is 4.85. The van der Waals surface area contributed by atoms with Gasteiger partial charge in [0.1, 0.15) is 11.4 Å². The van der Waals surface area contributed by atoms with Crippen molar-refractivity contribution in [3.8, 4) is 0 Å². The topological polar surface area (TPSA) is 115 Å². The van der Waals surface area contributed by atoms with Crippen molar-refractivity contribution < 1.29 is 9.59 Å². The van der Waals surface area contributed by atoms with Gasteiger partial charge in [0.25, 0.3) is 22.9 Å². The van der Waals surface area contributed by atoms with Crippen molar-refractivity contribution in [1.82, 2.24) is 20.2 Å². The van der Waals surface area contributed by atoms with Crippen LogP contribution in [0.3, 0.4) is 0 Å². The largest absolute Gasteiger partial charge is 0.344 e. The molecule has 33 heavy (non-hydrogen) atoms. The van der Waals surface area contributed by atoms with Gasteiger partial charge in [0, 0.05) is 23.9 Å². The van der Waals surface area contributed by atoms with Crippen molar-refractivity contribution in [2.75, 3.05) is 13.1 Å². The maximum atomic E-state index is 13.1. The maximum absolute atomic E-state index is 13.1. The van der Waals surface area contributed by atoms with Crippen LogP contribution in [-0.2, 0) is 0 Å². The number of pyridine rings is 2. The number of aromatic nitrogens is 2. The fourth-order valence-corrected chi connectivity index (χ4v) is 4.41. The molecule has 0 saturated carbocycles. The van der Waals surface area contributed by atoms with Gasteiger partial charge in [-0.25, -0.2) is 0 Å². The zero-order chi connectivity index (χ0) is 23.2. The molecule has 5 rings (SSSR count). The zero-order valence-electron chi connectivity index (χ0n) is 18.0. The van der Waals surface area contributed by atoms with E-state index in [1.54, 1.807) is 53.4 Å². The Bertz CT molecular complexity index is 1540. The Labute approximate surface area is 188 Å². The Balaban J connectivity index is 1.35. The van der Waals surface area contributed by atoms with E-state index in [0.717, 1.165) is 0 Å². The molecule has 0 aliphatic carbocycles. The van der Waals surface area contributed by atoms with E-state index in [2.05, 4.69) is 15.3 Å². The lowest BCUT2D eigenvalue weighted by molar-refractivity contribution is 0.0763. The SMILES string of the molecule is CC1(NC(=O)c2cc3ccccc3c(=O)[nH]2)CCN(C(=O)c2cc3ccccc3c(=O)[nH]2)C1. The molecule has 3 heterocycles. The van der Waals surface area contributed by atoms with Crippen molar-refractivity contribution in [2.45, 2.75) is 18.9 Å². The number of nitrogens with one attached hydrogen (secondary N) is 3. The summed E-state index contributed by atoms with van der Waals surface area (Å²) in [5.74, 6) is -0.705. The summed E-state index contributed by atoms with van der Waals surface area (Å²) >= 11 is 0. The van der Waals surface area contributed by atoms with Crippen molar-refractivity contribution in [2.24, 2.45) is 0 Å². The molecule has 1 aliphatic rings. The van der Waals surface area contributed by atoms with Crippen LogP contribution >= 0.6 is 0 Å². The number of likely N-dealkylation sites (tertiary alicyclic amines) is 1. The molecule has 2 aromatic heterocycles. The average molecular weight is 442 g/mol. The Morgan fingerprint density at radius 2 is 1.42 bits per heavy atom. The highest BCUT2D eigenvalue weighted by Gasteiger charge is 2.38. The van der Waals surface area contributed by atoms with E-state index in [4.69, 9.17) is 0 Å². The quantitative estimate of drug-likeness (QED) is 0.452. The van der Waals surface area contributed by atoms with Crippen LogP contribution in [-0.4, -0.2) is 45.3 Å². The molecule has 4 aromatic rings. The van der Waals surface area contributed by atoms with Crippen LogP contribution in [0.2, 0.25) is 0 Å². The summed E-state index contributed by atoms with van der Waals surface area (Å²) in [5, 5.41) is 5.38. The Morgan fingerprint density at radius 1 is 0.879 bits per heavy atom. The summed E-state index contributed by atoms with van der Waals surface area (Å²) in [6.45, 7) is 2.57. The van der Waals surface area contributed by atoms with Gasteiger partial charge in [-0.3, -0.25) is 19.2 Å². The Hall–Kier alpha value is -4.20. The molecule has 1 saturated heterocycles. The molecule has 1 aliphatic heterocycles. The fourth-order valence-electron chi connectivity index (χ4n) is 4.41. The molecule has 3 N–H and O–H groups in total. The van der Waals surface area contributed by atoms with Gasteiger partial charge in [0.05, 0.1) is 5.54 Å². The Morgan fingerprint density at radius 3 is 2.06 bits per heavy atom. The first kappa shape index (κ1) is 20.7. The third-order valence-corrected chi connectivity index (χ3v) is 6.16. The second kappa shape index (κ2) is 7.74. The number of fused-ring (bicyclic) bond motifs is 2. The highest BCUT2D eigenvalue weighted by molar-refractivity contribution is 5.98. The van der Waals surface area contributed by atoms with Gasteiger partial charge in [-0.2, -0.15) is 0 Å². The zero-order valence-corrected chi connectivity index (χ0v) is 18.0. The lowest BCUT2D eigenvalue weighted by Crippen LogP contribution is -2.49. The first-order valence-electron chi connectivity index (χ1n) is 10.7. The van der Waals surface area contributed by atoms with Crippen LogP contribution in [0.4, 0.5) is 0 Å². The number of carbonyl (C=O) groups is 2. The molecule has 2 amide bonds. The van der Waals surface area contributed by atoms with Gasteiger partial charge >= 0.3 is 0 Å². The summed E-state index contributed by atoms with van der Waals surface area (Å²) in [4.78, 5) is 57.6. The van der Waals surface area contributed by atoms with E-state index in [1.165, 1.54) is 0 Å². The maximum Gasteiger partial charge on any atom is 0.270 e. The first-order chi connectivity index (χ1) is 15.8. The summed E-state index contributed by atoms with van der Waals surface area (Å²) < 4.78 is 0. The van der Waals surface area contributed by atoms with Gasteiger partial charge in [-0.05, 0) is 48.4 Å². The van der Waals surface area contributed by atoms with Gasteiger partial charge in [0.15, 0.2) is 0 Å². The second-order valence-corrected chi connectivity index (χ2v) is 8.69. The predicted molar refractivity (Wildman–Crippen MR) is 126 cm³/mol. The van der Waals surface area contributed by atoms with Gasteiger partial charge in [-0.15, -0.1) is 0 Å². The lowest BCUT2D eigenvalue weighted by Gasteiger charge is -2.26. The number of nitrogens with zero attached hydrogens (tertiary/aromatic N) is 1. The number of amides is 2. The molecular weight excluding hydrogens is 420 g/mol. The molecule has 8 nitrogen and oxygen atoms in total. The third-order valence-electron chi connectivity index (χ3n) is 6.16. The minimum atomic E-state index is -0.674. The van der Waals surface area contributed by atoms with Gasteiger partial charge in [-0.1, -0.05) is 36.4 Å². The predicted octanol–water partition coefficient (Wildman–Crippen LogP) is 2.40.